The third-order valence-electron chi connectivity index (χ3n) is 3.67. The van der Waals surface area contributed by atoms with Gasteiger partial charge in [0.1, 0.15) is 0 Å². The first-order valence-electron chi connectivity index (χ1n) is 8.66. The van der Waals surface area contributed by atoms with E-state index in [0.717, 1.165) is 12.8 Å². The Hall–Kier alpha value is 0.210. The van der Waals surface area contributed by atoms with E-state index in [0.29, 0.717) is 6.42 Å². The Morgan fingerprint density at radius 3 is 1.67 bits per heavy atom. The van der Waals surface area contributed by atoms with Crippen LogP contribution < -0.4 is 29.6 Å². The van der Waals surface area contributed by atoms with Crippen molar-refractivity contribution in [2.45, 2.75) is 96.8 Å². The minimum atomic E-state index is -0.414. The Labute approximate surface area is 154 Å². The van der Waals surface area contributed by atoms with Crippen LogP contribution in [0.25, 0.3) is 5.73 Å². The fourth-order valence-corrected chi connectivity index (χ4v) is 2.36. The number of rotatable bonds is 15. The molecule has 0 bridgehead atoms. The first kappa shape index (κ1) is 23.5. The predicted octanol–water partition coefficient (Wildman–Crippen LogP) is 3.61. The predicted molar refractivity (Wildman–Crippen MR) is 88.8 cm³/mol. The molecule has 0 saturated heterocycles. The molecule has 0 aliphatic carbocycles. The molecule has 1 amide bonds. The van der Waals surface area contributed by atoms with Gasteiger partial charge in [0.15, 0.2) is 0 Å². The van der Waals surface area contributed by atoms with Crippen molar-refractivity contribution in [3.63, 3.8) is 0 Å². The molecule has 0 unspecified atom stereocenters. The number of nitrogens with one attached hydrogen (secondary N) is 1. The summed E-state index contributed by atoms with van der Waals surface area (Å²) in [5.74, 6) is -0.414. The zero-order valence-corrected chi connectivity index (χ0v) is 16.5. The van der Waals surface area contributed by atoms with Gasteiger partial charge < -0.3 is 10.5 Å². The van der Waals surface area contributed by atoms with Gasteiger partial charge in [0.2, 0.25) is 0 Å². The third-order valence-corrected chi connectivity index (χ3v) is 3.67. The molecular formula is C18H34NNaO. The van der Waals surface area contributed by atoms with Gasteiger partial charge in [-0.3, -0.25) is 0 Å². The Morgan fingerprint density at radius 1 is 0.762 bits per heavy atom. The molecule has 0 radical (unpaired) electrons. The topological polar surface area (TPSA) is 40.9 Å². The fourth-order valence-electron chi connectivity index (χ4n) is 2.36. The van der Waals surface area contributed by atoms with Crippen molar-refractivity contribution in [3.8, 4) is 0 Å². The maximum atomic E-state index is 10.4. The van der Waals surface area contributed by atoms with Crippen LogP contribution in [0, 0.1) is 0 Å². The average Bonchev–Trinajstić information content (AvgIpc) is 2.43. The van der Waals surface area contributed by atoms with Gasteiger partial charge in [0.05, 0.1) is 0 Å². The molecule has 3 heteroatoms. The summed E-state index contributed by atoms with van der Waals surface area (Å²) in [4.78, 5) is 10.4. The molecular weight excluding hydrogens is 269 g/mol. The summed E-state index contributed by atoms with van der Waals surface area (Å²) in [6.07, 6.45) is 21.6. The molecule has 0 rings (SSSR count). The van der Waals surface area contributed by atoms with Crippen molar-refractivity contribution in [2.24, 2.45) is 0 Å². The van der Waals surface area contributed by atoms with Crippen molar-refractivity contribution in [1.82, 2.24) is 0 Å². The summed E-state index contributed by atoms with van der Waals surface area (Å²) in [7, 11) is 0. The SMILES string of the molecule is CCCCCCCC/C=C\CCCCCCCC([NH-])=O.[Na+]. The Morgan fingerprint density at radius 2 is 1.19 bits per heavy atom. The third kappa shape index (κ3) is 22.6. The fraction of sp³-hybridized carbons (Fsp3) is 0.833. The van der Waals surface area contributed by atoms with E-state index in [9.17, 15) is 4.79 Å². The number of allylic oxidation sites excluding steroid dienone is 2. The van der Waals surface area contributed by atoms with E-state index >= 15 is 0 Å². The molecule has 0 atom stereocenters. The van der Waals surface area contributed by atoms with Crippen LogP contribution in [0.15, 0.2) is 12.2 Å². The van der Waals surface area contributed by atoms with Crippen LogP contribution in [-0.2, 0) is 4.79 Å². The number of unbranched alkanes of at least 4 members (excludes halogenated alkanes) is 11. The van der Waals surface area contributed by atoms with E-state index in [4.69, 9.17) is 5.73 Å². The van der Waals surface area contributed by atoms with E-state index in [1.807, 2.05) is 0 Å². The smallest absolute Gasteiger partial charge is 0.668 e. The molecule has 0 aliphatic rings. The van der Waals surface area contributed by atoms with Gasteiger partial charge in [-0.2, -0.15) is 0 Å². The van der Waals surface area contributed by atoms with Gasteiger partial charge >= 0.3 is 29.6 Å². The van der Waals surface area contributed by atoms with Crippen LogP contribution in [0.3, 0.4) is 0 Å². The minimum Gasteiger partial charge on any atom is -0.668 e. The molecule has 2 nitrogen and oxygen atoms in total. The maximum Gasteiger partial charge on any atom is 1.00 e. The molecule has 0 aromatic heterocycles. The van der Waals surface area contributed by atoms with Gasteiger partial charge in [-0.1, -0.05) is 70.4 Å². The monoisotopic (exact) mass is 303 g/mol. The Bertz CT molecular complexity index is 241. The second-order valence-electron chi connectivity index (χ2n) is 5.76. The number of carbonyl (C=O) groups is 1. The molecule has 0 spiro atoms. The average molecular weight is 303 g/mol. The van der Waals surface area contributed by atoms with Crippen LogP contribution in [0.5, 0.6) is 0 Å². The number of carbonyl (C=O) groups excluding carboxylic acids is 1. The summed E-state index contributed by atoms with van der Waals surface area (Å²) in [5.41, 5.74) is 6.80. The maximum absolute atomic E-state index is 10.4. The van der Waals surface area contributed by atoms with Crippen molar-refractivity contribution in [2.75, 3.05) is 0 Å². The van der Waals surface area contributed by atoms with Crippen molar-refractivity contribution < 1.29 is 34.4 Å². The number of hydrogen-bond acceptors (Lipinski definition) is 1. The molecule has 0 aromatic rings. The van der Waals surface area contributed by atoms with Gasteiger partial charge in [-0.25, -0.2) is 0 Å². The first-order valence-corrected chi connectivity index (χ1v) is 8.66. The summed E-state index contributed by atoms with van der Waals surface area (Å²) >= 11 is 0. The second-order valence-corrected chi connectivity index (χ2v) is 5.76. The molecule has 1 N–H and O–H groups in total. The summed E-state index contributed by atoms with van der Waals surface area (Å²) in [6, 6.07) is 0. The van der Waals surface area contributed by atoms with Crippen LogP contribution >= 0.6 is 0 Å². The van der Waals surface area contributed by atoms with Gasteiger partial charge in [0.25, 0.3) is 0 Å². The summed E-state index contributed by atoms with van der Waals surface area (Å²) in [6.45, 7) is 2.26. The molecule has 0 fully saturated rings. The van der Waals surface area contributed by atoms with Crippen molar-refractivity contribution in [1.29, 1.82) is 0 Å². The van der Waals surface area contributed by atoms with Gasteiger partial charge in [-0.15, -0.1) is 0 Å². The zero-order valence-electron chi connectivity index (χ0n) is 14.5. The Balaban J connectivity index is 0. The van der Waals surface area contributed by atoms with E-state index in [1.165, 1.54) is 70.6 Å². The largest absolute Gasteiger partial charge is 1.00 e. The number of hydrogen-bond donors (Lipinski definition) is 0. The van der Waals surface area contributed by atoms with Crippen LogP contribution in [0.4, 0.5) is 0 Å². The molecule has 21 heavy (non-hydrogen) atoms. The van der Waals surface area contributed by atoms with Crippen LogP contribution in [-0.4, -0.2) is 5.91 Å². The summed E-state index contributed by atoms with van der Waals surface area (Å²) in [5, 5.41) is 0. The number of amides is 1. The molecule has 118 valence electrons. The van der Waals surface area contributed by atoms with E-state index < -0.39 is 5.91 Å². The van der Waals surface area contributed by atoms with Gasteiger partial charge in [0, 0.05) is 5.91 Å². The zero-order chi connectivity index (χ0) is 14.9. The molecule has 0 heterocycles. The van der Waals surface area contributed by atoms with E-state index in [-0.39, 0.29) is 29.6 Å². The van der Waals surface area contributed by atoms with Crippen LogP contribution in [0.1, 0.15) is 96.8 Å². The summed E-state index contributed by atoms with van der Waals surface area (Å²) < 4.78 is 0. The second kappa shape index (κ2) is 20.2. The molecule has 0 aliphatic heterocycles. The van der Waals surface area contributed by atoms with Crippen molar-refractivity contribution in [3.05, 3.63) is 17.9 Å². The van der Waals surface area contributed by atoms with E-state index in [2.05, 4.69) is 19.1 Å². The standard InChI is InChI=1S/C18H35NO.Na/c1-2-3-4-5-6-7-8-9-10-11-12-13-14-15-16-17-18(19)20;/h9-10H,2-8,11-17H2,1H3,(H2,19,20);/q;+1/p-1/b10-9-;. The van der Waals surface area contributed by atoms with E-state index in [1.54, 1.807) is 0 Å². The molecule has 0 aromatic carbocycles. The molecule has 0 saturated carbocycles. The normalized spacial score (nSPS) is 10.7. The Kier molecular flexibility index (Phi) is 22.6. The van der Waals surface area contributed by atoms with Crippen molar-refractivity contribution >= 4 is 5.91 Å². The van der Waals surface area contributed by atoms with Gasteiger partial charge in [-0.05, 0) is 38.5 Å². The quantitative estimate of drug-likeness (QED) is 0.259. The van der Waals surface area contributed by atoms with Crippen LogP contribution in [0.2, 0.25) is 0 Å². The first-order chi connectivity index (χ1) is 9.77. The minimum absolute atomic E-state index is 0.